The summed E-state index contributed by atoms with van der Waals surface area (Å²) >= 11 is 0. The lowest BCUT2D eigenvalue weighted by molar-refractivity contribution is -0.179. The summed E-state index contributed by atoms with van der Waals surface area (Å²) in [5, 5.41) is 0. The number of unbranched alkanes of at least 4 members (excludes halogenated alkanes) is 5. The third-order valence-electron chi connectivity index (χ3n) is 8.87. The summed E-state index contributed by atoms with van der Waals surface area (Å²) in [6.07, 6.45) is 7.99. The molecule has 0 fully saturated rings. The Kier molecular flexibility index (Phi) is 24.9. The fourth-order valence-corrected chi connectivity index (χ4v) is 5.38. The Hall–Kier alpha value is -5.81. The molecule has 2 aromatic rings. The van der Waals surface area contributed by atoms with Crippen LogP contribution >= 0.6 is 0 Å². The highest BCUT2D eigenvalue weighted by Gasteiger charge is 2.39. The average molecular weight is 875 g/mol. The van der Waals surface area contributed by atoms with Crippen LogP contribution in [0.25, 0.3) is 11.1 Å². The number of methoxy groups -OCH3 is 2. The van der Waals surface area contributed by atoms with Gasteiger partial charge in [0.25, 0.3) is 0 Å². The second-order valence-electron chi connectivity index (χ2n) is 14.1. The van der Waals surface area contributed by atoms with E-state index in [4.69, 9.17) is 47.4 Å². The molecule has 62 heavy (non-hydrogen) atoms. The zero-order valence-electron chi connectivity index (χ0n) is 36.1. The Balaban J connectivity index is 2.49. The van der Waals surface area contributed by atoms with Crippen LogP contribution in [0.15, 0.2) is 61.2 Å². The first-order valence-electron chi connectivity index (χ1n) is 20.3. The topological polar surface area (TPSA) is 195 Å². The molecule has 16 nitrogen and oxygen atoms in total. The summed E-state index contributed by atoms with van der Waals surface area (Å²) in [7, 11) is 2.73. The number of ether oxygens (including phenoxy) is 10. The van der Waals surface area contributed by atoms with Gasteiger partial charge < -0.3 is 47.4 Å². The van der Waals surface area contributed by atoms with Crippen LogP contribution in [0.5, 0.6) is 11.5 Å². The second kappa shape index (κ2) is 29.4. The molecule has 342 valence electrons. The minimum absolute atomic E-state index is 0.00103. The van der Waals surface area contributed by atoms with Crippen molar-refractivity contribution in [3.8, 4) is 22.6 Å². The van der Waals surface area contributed by atoms with Gasteiger partial charge in [-0.1, -0.05) is 64.3 Å². The van der Waals surface area contributed by atoms with E-state index < -0.39 is 73.5 Å². The highest BCUT2D eigenvalue weighted by molar-refractivity contribution is 6.30. The van der Waals surface area contributed by atoms with Crippen LogP contribution in [-0.2, 0) is 73.1 Å². The zero-order valence-corrected chi connectivity index (χ0v) is 36.1. The summed E-state index contributed by atoms with van der Waals surface area (Å²) < 4.78 is 67.7. The van der Waals surface area contributed by atoms with Gasteiger partial charge in [-0.05, 0) is 67.1 Å². The van der Waals surface area contributed by atoms with E-state index in [0.29, 0.717) is 29.7 Å². The molecule has 0 radical (unpaired) electrons. The monoisotopic (exact) mass is 874 g/mol. The fourth-order valence-electron chi connectivity index (χ4n) is 5.38. The molecule has 0 heterocycles. The quantitative estimate of drug-likeness (QED) is 0.0298. The molecule has 0 aliphatic carbocycles. The van der Waals surface area contributed by atoms with Crippen molar-refractivity contribution in [1.82, 2.24) is 0 Å². The average Bonchev–Trinajstić information content (AvgIpc) is 3.27. The molecule has 0 aliphatic rings. The van der Waals surface area contributed by atoms with Gasteiger partial charge in [0.05, 0.1) is 26.4 Å². The van der Waals surface area contributed by atoms with Gasteiger partial charge in [-0.3, -0.25) is 0 Å². The number of carbonyl (C=O) groups is 6. The van der Waals surface area contributed by atoms with Crippen molar-refractivity contribution in [3.63, 3.8) is 0 Å². The van der Waals surface area contributed by atoms with E-state index in [-0.39, 0.29) is 56.5 Å². The summed E-state index contributed by atoms with van der Waals surface area (Å²) in [4.78, 5) is 74.5. The standard InChI is InChI=1S/C45H59FO16/c1-7-9-10-11-12-13-20-55-38-19-17-34(27-36(38)46)33-16-18-37(35(26-33)15-14-21-56-39(47)8-2)59-28-45(29-60-40(48)32(3)4,30-61-43(51)41(49)57-24-22-53-5)31-62-44(52)42(50)58-25-23-54-6/h8,16-19,26-27H,2-3,7,9-15,20-25,28-31H2,1,4-6H3. The molecule has 2 rings (SSSR count). The SMILES string of the molecule is C=CC(=O)OCCCc1cc(-c2ccc(OCCCCCCCC)c(F)c2)ccc1OCC(COC(=O)C(=C)C)(COC(=O)C(=O)OCCOC)COC(=O)C(=O)OCCOC. The van der Waals surface area contributed by atoms with Gasteiger partial charge in [0, 0.05) is 25.9 Å². The molecule has 0 atom stereocenters. The van der Waals surface area contributed by atoms with Gasteiger partial charge in [-0.25, -0.2) is 33.2 Å². The molecule has 17 heteroatoms. The summed E-state index contributed by atoms with van der Waals surface area (Å²) in [5.41, 5.74) is -0.109. The van der Waals surface area contributed by atoms with Gasteiger partial charge in [0.15, 0.2) is 11.6 Å². The first-order chi connectivity index (χ1) is 29.8. The Labute approximate surface area is 361 Å². The Morgan fingerprint density at radius 1 is 0.597 bits per heavy atom. The number of esters is 6. The fraction of sp³-hybridized carbons (Fsp3) is 0.511. The van der Waals surface area contributed by atoms with E-state index in [1.165, 1.54) is 33.6 Å². The van der Waals surface area contributed by atoms with Crippen molar-refractivity contribution < 1.29 is 80.5 Å². The molecular weight excluding hydrogens is 815 g/mol. The lowest BCUT2D eigenvalue weighted by Crippen LogP contribution is -2.45. The maximum atomic E-state index is 15.3. The van der Waals surface area contributed by atoms with Crippen molar-refractivity contribution in [2.24, 2.45) is 5.41 Å². The van der Waals surface area contributed by atoms with Gasteiger partial charge in [-0.2, -0.15) is 0 Å². The third kappa shape index (κ3) is 19.7. The number of hydrogen-bond donors (Lipinski definition) is 0. The summed E-state index contributed by atoms with van der Waals surface area (Å²) in [5.74, 6) is -7.27. The number of halogens is 1. The van der Waals surface area contributed by atoms with Crippen LogP contribution in [-0.4, -0.2) is 116 Å². The van der Waals surface area contributed by atoms with Crippen molar-refractivity contribution in [3.05, 3.63) is 72.6 Å². The highest BCUT2D eigenvalue weighted by atomic mass is 19.1. The minimum atomic E-state index is -1.78. The summed E-state index contributed by atoms with van der Waals surface area (Å²) in [6, 6.07) is 9.62. The van der Waals surface area contributed by atoms with Crippen LogP contribution in [0.4, 0.5) is 4.39 Å². The molecular formula is C45H59FO16. The number of benzene rings is 2. The predicted molar refractivity (Wildman–Crippen MR) is 221 cm³/mol. The number of rotatable bonds is 30. The van der Waals surface area contributed by atoms with Crippen molar-refractivity contribution in [2.75, 3.05) is 80.3 Å². The molecule has 0 N–H and O–H groups in total. The molecule has 0 saturated carbocycles. The van der Waals surface area contributed by atoms with Crippen molar-refractivity contribution in [2.45, 2.75) is 65.2 Å². The number of carbonyl (C=O) groups excluding carboxylic acids is 6. The minimum Gasteiger partial charge on any atom is -0.492 e. The normalized spacial score (nSPS) is 10.9. The number of hydrogen-bond acceptors (Lipinski definition) is 16. The van der Waals surface area contributed by atoms with Crippen molar-refractivity contribution >= 4 is 35.8 Å². The molecule has 0 bridgehead atoms. The third-order valence-corrected chi connectivity index (χ3v) is 8.87. The van der Waals surface area contributed by atoms with E-state index >= 15 is 4.39 Å². The van der Waals surface area contributed by atoms with E-state index in [9.17, 15) is 28.8 Å². The number of aryl methyl sites for hydroxylation is 1. The van der Waals surface area contributed by atoms with Gasteiger partial charge in [0.2, 0.25) is 0 Å². The molecule has 0 spiro atoms. The smallest absolute Gasteiger partial charge is 0.417 e. The maximum absolute atomic E-state index is 15.3. The van der Waals surface area contributed by atoms with E-state index in [2.05, 4.69) is 20.1 Å². The van der Waals surface area contributed by atoms with Crippen LogP contribution in [0.1, 0.15) is 64.4 Å². The molecule has 2 aromatic carbocycles. The molecule has 0 aliphatic heterocycles. The van der Waals surface area contributed by atoms with Crippen LogP contribution in [0.3, 0.4) is 0 Å². The van der Waals surface area contributed by atoms with Crippen molar-refractivity contribution in [1.29, 1.82) is 0 Å². The lowest BCUT2D eigenvalue weighted by Gasteiger charge is -2.32. The van der Waals surface area contributed by atoms with E-state index in [1.807, 2.05) is 0 Å². The molecule has 0 aromatic heterocycles. The van der Waals surface area contributed by atoms with Gasteiger partial charge in [-0.15, -0.1) is 0 Å². The first kappa shape index (κ1) is 52.3. The highest BCUT2D eigenvalue weighted by Crippen LogP contribution is 2.32. The first-order valence-corrected chi connectivity index (χ1v) is 20.3. The largest absolute Gasteiger partial charge is 0.492 e. The maximum Gasteiger partial charge on any atom is 0.417 e. The Bertz CT molecular complexity index is 1750. The van der Waals surface area contributed by atoms with E-state index in [1.54, 1.807) is 30.3 Å². The summed E-state index contributed by atoms with van der Waals surface area (Å²) in [6.45, 7) is 7.68. The second-order valence-corrected chi connectivity index (χ2v) is 14.1. The van der Waals surface area contributed by atoms with Crippen LogP contribution < -0.4 is 9.47 Å². The van der Waals surface area contributed by atoms with Gasteiger partial charge >= 0.3 is 35.8 Å². The van der Waals surface area contributed by atoms with Gasteiger partial charge in [0.1, 0.15) is 50.8 Å². The van der Waals surface area contributed by atoms with Crippen LogP contribution in [0.2, 0.25) is 0 Å². The van der Waals surface area contributed by atoms with E-state index in [0.717, 1.165) is 38.2 Å². The lowest BCUT2D eigenvalue weighted by atomic mass is 9.91. The Morgan fingerprint density at radius 2 is 1.13 bits per heavy atom. The molecule has 0 unspecified atom stereocenters. The Morgan fingerprint density at radius 3 is 1.68 bits per heavy atom. The molecule has 0 saturated heterocycles. The molecule has 0 amide bonds. The van der Waals surface area contributed by atoms with Crippen LogP contribution in [0, 0.1) is 11.2 Å². The zero-order chi connectivity index (χ0) is 45.8. The predicted octanol–water partition coefficient (Wildman–Crippen LogP) is 5.84.